The van der Waals surface area contributed by atoms with Gasteiger partial charge in [0.15, 0.2) is 0 Å². The number of benzene rings is 2. The summed E-state index contributed by atoms with van der Waals surface area (Å²) in [7, 11) is -4.35. The summed E-state index contributed by atoms with van der Waals surface area (Å²) in [6.07, 6.45) is 0. The van der Waals surface area contributed by atoms with Crippen molar-refractivity contribution in [2.75, 3.05) is 0 Å². The first-order valence-corrected chi connectivity index (χ1v) is 7.07. The minimum Gasteiger partial charge on any atom is -0.744 e. The Morgan fingerprint density at radius 1 is 0.833 bits per heavy atom. The van der Waals surface area contributed by atoms with Gasteiger partial charge < -0.3 is 4.55 Å². The van der Waals surface area contributed by atoms with Crippen LogP contribution in [0.15, 0.2) is 69.3 Å². The molecule has 0 aromatic heterocycles. The number of rotatable bonds is 3. The van der Waals surface area contributed by atoms with Crippen LogP contribution in [0.4, 0.5) is 0 Å². The zero-order valence-corrected chi connectivity index (χ0v) is 14.5. The molecule has 0 aliphatic carbocycles. The van der Waals surface area contributed by atoms with Crippen molar-refractivity contribution in [2.24, 2.45) is 0 Å². The van der Waals surface area contributed by atoms with E-state index in [1.54, 1.807) is 12.1 Å². The molecule has 0 spiro atoms. The Balaban J connectivity index is 0.00000162. The van der Waals surface area contributed by atoms with Crippen molar-refractivity contribution < 1.29 is 64.4 Å². The van der Waals surface area contributed by atoms with Gasteiger partial charge >= 0.3 is 51.4 Å². The van der Waals surface area contributed by atoms with Gasteiger partial charge in [-0.3, -0.25) is 0 Å². The third-order valence-electron chi connectivity index (χ3n) is 2.09. The van der Waals surface area contributed by atoms with Crippen LogP contribution >= 0.6 is 11.8 Å². The Morgan fingerprint density at radius 3 is 1.83 bits per heavy atom. The minimum absolute atomic E-state index is 0. The minimum atomic E-state index is -4.35. The summed E-state index contributed by atoms with van der Waals surface area (Å²) >= 11 is 1.51. The predicted molar refractivity (Wildman–Crippen MR) is 65.0 cm³/mol. The Morgan fingerprint density at radius 2 is 1.33 bits per heavy atom. The topological polar surface area (TPSA) is 57.2 Å². The van der Waals surface area contributed by atoms with E-state index >= 15 is 0 Å². The van der Waals surface area contributed by atoms with E-state index in [0.29, 0.717) is 0 Å². The molecule has 6 heteroatoms. The molecule has 0 unspecified atom stereocenters. The molecular weight excluding hydrogens is 295 g/mol. The van der Waals surface area contributed by atoms with E-state index in [2.05, 4.69) is 0 Å². The van der Waals surface area contributed by atoms with Crippen LogP contribution in [-0.4, -0.2) is 13.0 Å². The fourth-order valence-corrected chi connectivity index (χ4v) is 2.61. The molecule has 88 valence electrons. The zero-order chi connectivity index (χ0) is 12.3. The average molecular weight is 304 g/mol. The van der Waals surface area contributed by atoms with E-state index in [0.717, 1.165) is 9.79 Å². The largest absolute Gasteiger partial charge is 1.00 e. The third-order valence-corrected chi connectivity index (χ3v) is 3.96. The molecule has 2 rings (SSSR count). The summed E-state index contributed by atoms with van der Waals surface area (Å²) in [5.74, 6) is 0. The smallest absolute Gasteiger partial charge is 0.744 e. The molecule has 0 amide bonds. The monoisotopic (exact) mass is 304 g/mol. The summed E-state index contributed by atoms with van der Waals surface area (Å²) in [6, 6.07) is 15.6. The molecule has 2 aromatic rings. The maximum absolute atomic E-state index is 10.7. The van der Waals surface area contributed by atoms with Crippen molar-refractivity contribution in [3.8, 4) is 0 Å². The molecule has 0 atom stereocenters. The maximum Gasteiger partial charge on any atom is 1.00 e. The van der Waals surface area contributed by atoms with E-state index in [9.17, 15) is 13.0 Å². The molecule has 3 nitrogen and oxygen atoms in total. The quantitative estimate of drug-likeness (QED) is 0.579. The van der Waals surface area contributed by atoms with Crippen LogP contribution in [0.1, 0.15) is 0 Å². The fourth-order valence-electron chi connectivity index (χ4n) is 1.30. The van der Waals surface area contributed by atoms with Crippen molar-refractivity contribution in [2.45, 2.75) is 14.7 Å². The first-order chi connectivity index (χ1) is 8.05. The van der Waals surface area contributed by atoms with Crippen LogP contribution in [0.3, 0.4) is 0 Å². The number of hydrogen-bond acceptors (Lipinski definition) is 4. The van der Waals surface area contributed by atoms with Crippen LogP contribution < -0.4 is 51.4 Å². The van der Waals surface area contributed by atoms with Gasteiger partial charge in [-0.15, -0.1) is 0 Å². The Bertz CT molecular complexity index is 595. The summed E-state index contributed by atoms with van der Waals surface area (Å²) < 4.78 is 32.2. The molecule has 0 heterocycles. The van der Waals surface area contributed by atoms with Gasteiger partial charge in [-0.05, 0) is 36.4 Å². The van der Waals surface area contributed by atoms with Gasteiger partial charge in [-0.25, -0.2) is 8.42 Å². The average Bonchev–Trinajstić information content (AvgIpc) is 2.30. The first-order valence-electron chi connectivity index (χ1n) is 4.84. The fraction of sp³-hybridized carbons (Fsp3) is 0. The van der Waals surface area contributed by atoms with Crippen LogP contribution in [0, 0.1) is 0 Å². The summed E-state index contributed by atoms with van der Waals surface area (Å²) in [5.41, 5.74) is 0. The van der Waals surface area contributed by atoms with Gasteiger partial charge in [0.1, 0.15) is 10.1 Å². The molecule has 0 N–H and O–H groups in total. The summed E-state index contributed by atoms with van der Waals surface area (Å²) in [6.45, 7) is 0. The second kappa shape index (κ2) is 7.21. The summed E-state index contributed by atoms with van der Waals surface area (Å²) in [5, 5.41) is 0. The van der Waals surface area contributed by atoms with Gasteiger partial charge in [0.05, 0.1) is 4.90 Å². The maximum atomic E-state index is 10.7. The van der Waals surface area contributed by atoms with E-state index in [1.807, 2.05) is 30.3 Å². The Hall–Kier alpha value is 0.336. The standard InChI is InChI=1S/C12H10O3S2.K/c13-17(14,15)12-8-6-11(7-9-12)16-10-4-2-1-3-5-10;/h1-9H,(H,13,14,15);/q;+1/p-1. The molecular formula is C12H9KO3S2. The molecule has 0 fully saturated rings. The predicted octanol–water partition coefficient (Wildman–Crippen LogP) is -0.254. The van der Waals surface area contributed by atoms with Crippen LogP contribution in [-0.2, 0) is 10.1 Å². The molecule has 0 aliphatic heterocycles. The molecule has 0 saturated heterocycles. The van der Waals surface area contributed by atoms with Crippen molar-refractivity contribution in [3.63, 3.8) is 0 Å². The zero-order valence-electron chi connectivity index (χ0n) is 9.74. The molecule has 18 heavy (non-hydrogen) atoms. The summed E-state index contributed by atoms with van der Waals surface area (Å²) in [4.78, 5) is 1.75. The first kappa shape index (κ1) is 16.4. The van der Waals surface area contributed by atoms with Gasteiger partial charge in [-0.1, -0.05) is 30.0 Å². The van der Waals surface area contributed by atoms with Gasteiger partial charge in [-0.2, -0.15) is 0 Å². The van der Waals surface area contributed by atoms with Crippen LogP contribution in [0.25, 0.3) is 0 Å². The second-order valence-corrected chi connectivity index (χ2v) is 5.87. The molecule has 0 radical (unpaired) electrons. The van der Waals surface area contributed by atoms with E-state index < -0.39 is 10.1 Å². The normalized spacial score (nSPS) is 10.7. The SMILES string of the molecule is O=S(=O)([O-])c1ccc(Sc2ccccc2)cc1.[K+]. The van der Waals surface area contributed by atoms with Crippen LogP contribution in [0.2, 0.25) is 0 Å². The van der Waals surface area contributed by atoms with Gasteiger partial charge in [0.25, 0.3) is 0 Å². The molecule has 2 aromatic carbocycles. The molecule has 0 saturated carbocycles. The van der Waals surface area contributed by atoms with Crippen molar-refractivity contribution >= 4 is 21.9 Å². The van der Waals surface area contributed by atoms with Crippen molar-refractivity contribution in [1.82, 2.24) is 0 Å². The molecule has 0 bridgehead atoms. The Labute approximate surface area is 153 Å². The van der Waals surface area contributed by atoms with Crippen molar-refractivity contribution in [3.05, 3.63) is 54.6 Å². The van der Waals surface area contributed by atoms with E-state index in [-0.39, 0.29) is 56.3 Å². The van der Waals surface area contributed by atoms with E-state index in [4.69, 9.17) is 0 Å². The third kappa shape index (κ3) is 4.79. The Kier molecular flexibility index (Phi) is 6.56. The van der Waals surface area contributed by atoms with Crippen LogP contribution in [0.5, 0.6) is 0 Å². The molecule has 0 aliphatic rings. The van der Waals surface area contributed by atoms with Gasteiger partial charge in [0.2, 0.25) is 0 Å². The second-order valence-electron chi connectivity index (χ2n) is 3.34. The number of hydrogen-bond donors (Lipinski definition) is 0. The van der Waals surface area contributed by atoms with Crippen molar-refractivity contribution in [1.29, 1.82) is 0 Å². The van der Waals surface area contributed by atoms with Gasteiger partial charge in [0, 0.05) is 9.79 Å². The van der Waals surface area contributed by atoms with E-state index in [1.165, 1.54) is 23.9 Å².